The molecule has 1 aliphatic heterocycles. The molecule has 0 aromatic heterocycles. The minimum absolute atomic E-state index is 0.232. The van der Waals surface area contributed by atoms with Crippen LogP contribution in [0.4, 0.5) is 4.39 Å². The molecule has 2 atom stereocenters. The Morgan fingerprint density at radius 3 is 3.00 bits per heavy atom. The fourth-order valence-corrected chi connectivity index (χ4v) is 2.34. The Bertz CT molecular complexity index is 436. The zero-order chi connectivity index (χ0) is 12.3. The molecule has 17 heavy (non-hydrogen) atoms. The molecule has 3 nitrogen and oxygen atoms in total. The van der Waals surface area contributed by atoms with Gasteiger partial charge in [-0.05, 0) is 43.6 Å². The number of hydrogen-bond acceptors (Lipinski definition) is 3. The van der Waals surface area contributed by atoms with Crippen LogP contribution in [0.25, 0.3) is 0 Å². The summed E-state index contributed by atoms with van der Waals surface area (Å²) in [6.07, 6.45) is 0.942. The SMILES string of the molecule is COc1ccc(F)cc1C(C#N)C1CCNC1. The number of nitrogens with zero attached hydrogens (tertiary/aromatic N) is 1. The highest BCUT2D eigenvalue weighted by molar-refractivity contribution is 5.40. The third-order valence-electron chi connectivity index (χ3n) is 3.24. The molecule has 0 aliphatic carbocycles. The molecule has 4 heteroatoms. The number of halogens is 1. The van der Waals surface area contributed by atoms with Gasteiger partial charge < -0.3 is 10.1 Å². The lowest BCUT2D eigenvalue weighted by molar-refractivity contribution is 0.399. The lowest BCUT2D eigenvalue weighted by Gasteiger charge is -2.18. The fraction of sp³-hybridized carbons (Fsp3) is 0.462. The van der Waals surface area contributed by atoms with Crippen molar-refractivity contribution >= 4 is 0 Å². The monoisotopic (exact) mass is 234 g/mol. The second-order valence-corrected chi connectivity index (χ2v) is 4.25. The van der Waals surface area contributed by atoms with Crippen molar-refractivity contribution in [3.63, 3.8) is 0 Å². The van der Waals surface area contributed by atoms with E-state index >= 15 is 0 Å². The Morgan fingerprint density at radius 2 is 2.41 bits per heavy atom. The van der Waals surface area contributed by atoms with Crippen LogP contribution in [-0.2, 0) is 0 Å². The third-order valence-corrected chi connectivity index (χ3v) is 3.24. The van der Waals surface area contributed by atoms with Crippen LogP contribution in [0.15, 0.2) is 18.2 Å². The van der Waals surface area contributed by atoms with Gasteiger partial charge in [-0.2, -0.15) is 5.26 Å². The predicted molar refractivity (Wildman–Crippen MR) is 62.3 cm³/mol. The number of nitrogens with one attached hydrogen (secondary N) is 1. The van der Waals surface area contributed by atoms with Crippen molar-refractivity contribution in [1.29, 1.82) is 5.26 Å². The molecular weight excluding hydrogens is 219 g/mol. The van der Waals surface area contributed by atoms with Gasteiger partial charge in [0, 0.05) is 5.56 Å². The average Bonchev–Trinajstić information content (AvgIpc) is 2.84. The summed E-state index contributed by atoms with van der Waals surface area (Å²) in [6, 6.07) is 6.61. The summed E-state index contributed by atoms with van der Waals surface area (Å²) in [7, 11) is 1.54. The molecule has 1 saturated heterocycles. The second-order valence-electron chi connectivity index (χ2n) is 4.25. The summed E-state index contributed by atoms with van der Waals surface area (Å²) in [6.45, 7) is 1.72. The van der Waals surface area contributed by atoms with Crippen LogP contribution in [0.1, 0.15) is 17.9 Å². The van der Waals surface area contributed by atoms with Crippen LogP contribution < -0.4 is 10.1 Å². The van der Waals surface area contributed by atoms with Gasteiger partial charge in [0.2, 0.25) is 0 Å². The Morgan fingerprint density at radius 1 is 1.59 bits per heavy atom. The largest absolute Gasteiger partial charge is 0.496 e. The number of methoxy groups -OCH3 is 1. The van der Waals surface area contributed by atoms with E-state index in [0.717, 1.165) is 19.5 Å². The molecule has 0 bridgehead atoms. The Balaban J connectivity index is 2.35. The predicted octanol–water partition coefficient (Wildman–Crippen LogP) is 2.05. The summed E-state index contributed by atoms with van der Waals surface area (Å²) >= 11 is 0. The standard InChI is InChI=1S/C13H15FN2O/c1-17-13-3-2-10(14)6-11(13)12(7-15)9-4-5-16-8-9/h2-3,6,9,12,16H,4-5,8H2,1H3. The lowest BCUT2D eigenvalue weighted by Crippen LogP contribution is -2.16. The van der Waals surface area contributed by atoms with Crippen molar-refractivity contribution in [3.8, 4) is 11.8 Å². The Hall–Kier alpha value is -1.60. The molecule has 0 radical (unpaired) electrons. The van der Waals surface area contributed by atoms with E-state index in [2.05, 4.69) is 11.4 Å². The van der Waals surface area contributed by atoms with Crippen molar-refractivity contribution in [2.24, 2.45) is 5.92 Å². The highest BCUT2D eigenvalue weighted by Gasteiger charge is 2.28. The van der Waals surface area contributed by atoms with Crippen LogP contribution in [0.5, 0.6) is 5.75 Å². The molecular formula is C13H15FN2O. The van der Waals surface area contributed by atoms with Crippen molar-refractivity contribution in [2.75, 3.05) is 20.2 Å². The van der Waals surface area contributed by atoms with E-state index in [0.29, 0.717) is 11.3 Å². The minimum atomic E-state index is -0.327. The molecule has 0 saturated carbocycles. The van der Waals surface area contributed by atoms with Gasteiger partial charge in [-0.25, -0.2) is 4.39 Å². The van der Waals surface area contributed by atoms with Crippen molar-refractivity contribution < 1.29 is 9.13 Å². The van der Waals surface area contributed by atoms with Crippen molar-refractivity contribution in [3.05, 3.63) is 29.6 Å². The van der Waals surface area contributed by atoms with Crippen molar-refractivity contribution in [2.45, 2.75) is 12.3 Å². The number of nitriles is 1. The average molecular weight is 234 g/mol. The van der Waals surface area contributed by atoms with Gasteiger partial charge in [-0.15, -0.1) is 0 Å². The van der Waals surface area contributed by atoms with Gasteiger partial charge >= 0.3 is 0 Å². The normalized spacial score (nSPS) is 20.9. The zero-order valence-electron chi connectivity index (χ0n) is 9.74. The van der Waals surface area contributed by atoms with Crippen LogP contribution in [0.3, 0.4) is 0 Å². The first kappa shape index (κ1) is 11.9. The molecule has 1 aliphatic rings. The topological polar surface area (TPSA) is 45.0 Å². The maximum atomic E-state index is 13.3. The van der Waals surface area contributed by atoms with Gasteiger partial charge in [0.15, 0.2) is 0 Å². The van der Waals surface area contributed by atoms with E-state index in [-0.39, 0.29) is 17.7 Å². The number of hydrogen-bond donors (Lipinski definition) is 1. The summed E-state index contributed by atoms with van der Waals surface area (Å²) in [5, 5.41) is 12.5. The Kier molecular flexibility index (Phi) is 3.60. The summed E-state index contributed by atoms with van der Waals surface area (Å²) < 4.78 is 18.5. The highest BCUT2D eigenvalue weighted by Crippen LogP contribution is 2.34. The quantitative estimate of drug-likeness (QED) is 0.870. The van der Waals surface area contributed by atoms with E-state index in [1.165, 1.54) is 19.2 Å². The maximum absolute atomic E-state index is 13.3. The molecule has 2 unspecified atom stereocenters. The van der Waals surface area contributed by atoms with Gasteiger partial charge in [-0.1, -0.05) is 0 Å². The smallest absolute Gasteiger partial charge is 0.123 e. The second kappa shape index (κ2) is 5.15. The minimum Gasteiger partial charge on any atom is -0.496 e. The molecule has 2 rings (SSSR count). The van der Waals surface area contributed by atoms with E-state index in [1.54, 1.807) is 6.07 Å². The van der Waals surface area contributed by atoms with Crippen LogP contribution in [0, 0.1) is 23.1 Å². The van der Waals surface area contributed by atoms with Crippen molar-refractivity contribution in [1.82, 2.24) is 5.32 Å². The highest BCUT2D eigenvalue weighted by atomic mass is 19.1. The summed E-state index contributed by atoms with van der Waals surface area (Å²) in [5.41, 5.74) is 0.656. The number of ether oxygens (including phenoxy) is 1. The van der Waals surface area contributed by atoms with E-state index in [1.807, 2.05) is 0 Å². The van der Waals surface area contributed by atoms with E-state index in [9.17, 15) is 9.65 Å². The molecule has 1 N–H and O–H groups in total. The molecule has 90 valence electrons. The van der Waals surface area contributed by atoms with E-state index in [4.69, 9.17) is 4.74 Å². The maximum Gasteiger partial charge on any atom is 0.123 e. The lowest BCUT2D eigenvalue weighted by atomic mass is 9.86. The van der Waals surface area contributed by atoms with Gasteiger partial charge in [0.25, 0.3) is 0 Å². The molecule has 1 heterocycles. The van der Waals surface area contributed by atoms with Crippen LogP contribution >= 0.6 is 0 Å². The first-order valence-electron chi connectivity index (χ1n) is 5.70. The third kappa shape index (κ3) is 2.40. The molecule has 1 aromatic rings. The van der Waals surface area contributed by atoms with E-state index < -0.39 is 0 Å². The molecule has 1 fully saturated rings. The first-order valence-corrected chi connectivity index (χ1v) is 5.70. The summed E-state index contributed by atoms with van der Waals surface area (Å²) in [5.74, 6) is 0.184. The van der Waals surface area contributed by atoms with Gasteiger partial charge in [-0.3, -0.25) is 0 Å². The van der Waals surface area contributed by atoms with Crippen LogP contribution in [0.2, 0.25) is 0 Å². The number of benzene rings is 1. The number of rotatable bonds is 3. The van der Waals surface area contributed by atoms with Gasteiger partial charge in [0.05, 0.1) is 19.1 Å². The van der Waals surface area contributed by atoms with Crippen LogP contribution in [-0.4, -0.2) is 20.2 Å². The molecule has 1 aromatic carbocycles. The molecule has 0 amide bonds. The van der Waals surface area contributed by atoms with Gasteiger partial charge in [0.1, 0.15) is 11.6 Å². The first-order chi connectivity index (χ1) is 8.26. The zero-order valence-corrected chi connectivity index (χ0v) is 9.74. The molecule has 0 spiro atoms. The summed E-state index contributed by atoms with van der Waals surface area (Å²) in [4.78, 5) is 0. The Labute approximate surface area is 100 Å². The fourth-order valence-electron chi connectivity index (χ4n) is 2.34.